The van der Waals surface area contributed by atoms with Crippen LogP contribution in [0.1, 0.15) is 22.9 Å². The van der Waals surface area contributed by atoms with Gasteiger partial charge in [-0.25, -0.2) is 17.6 Å². The molecule has 0 saturated heterocycles. The normalized spacial score (nSPS) is 17.0. The number of benzene rings is 1. The first-order chi connectivity index (χ1) is 10.4. The fourth-order valence-corrected chi connectivity index (χ4v) is 3.27. The van der Waals surface area contributed by atoms with E-state index in [-0.39, 0.29) is 25.6 Å². The van der Waals surface area contributed by atoms with Gasteiger partial charge in [0, 0.05) is 48.5 Å². The third-order valence-corrected chi connectivity index (χ3v) is 4.26. The second-order valence-electron chi connectivity index (χ2n) is 5.22. The Balaban J connectivity index is 2.04. The summed E-state index contributed by atoms with van der Waals surface area (Å²) in [7, 11) is 0. The average Bonchev–Trinajstić information content (AvgIpc) is 3.00. The fourth-order valence-electron chi connectivity index (χ4n) is 2.96. The van der Waals surface area contributed by atoms with Gasteiger partial charge in [0.05, 0.1) is 0 Å². The van der Waals surface area contributed by atoms with Gasteiger partial charge >= 0.3 is 0 Å². The van der Waals surface area contributed by atoms with Gasteiger partial charge in [0.15, 0.2) is 28.0 Å². The lowest BCUT2D eigenvalue weighted by Crippen LogP contribution is -2.10. The maximum Gasteiger partial charge on any atom is 0.177 e. The van der Waals surface area contributed by atoms with Crippen LogP contribution in [0.2, 0.25) is 0 Å². The predicted molar refractivity (Wildman–Crippen MR) is 73.1 cm³/mol. The van der Waals surface area contributed by atoms with Crippen LogP contribution < -0.4 is 0 Å². The number of aromatic amines is 1. The standard InChI is InChI=1S/C14H12F4N2OS/c15-7-4-8(16)13(18)11(12(7)17)6-3-10-9(1-2-21)19-14(22)20(10)5-6/h4,6,21H,1-3,5H2,(H,19,22)/t6-/m0/s1. The van der Waals surface area contributed by atoms with Crippen LogP contribution in [0.4, 0.5) is 17.6 Å². The second kappa shape index (κ2) is 5.51. The lowest BCUT2D eigenvalue weighted by molar-refractivity contribution is 0.298. The number of aromatic nitrogens is 2. The summed E-state index contributed by atoms with van der Waals surface area (Å²) in [5.74, 6) is -6.30. The molecule has 0 fully saturated rings. The summed E-state index contributed by atoms with van der Waals surface area (Å²) in [5, 5.41) is 9.02. The number of H-pyrrole nitrogens is 1. The molecule has 1 aromatic heterocycles. The maximum absolute atomic E-state index is 13.9. The van der Waals surface area contributed by atoms with Crippen LogP contribution >= 0.6 is 12.2 Å². The number of nitrogens with zero attached hydrogens (tertiary/aromatic N) is 1. The Morgan fingerprint density at radius 1 is 1.23 bits per heavy atom. The Kier molecular flexibility index (Phi) is 3.82. The van der Waals surface area contributed by atoms with E-state index in [0.717, 1.165) is 0 Å². The molecule has 8 heteroatoms. The molecule has 0 spiro atoms. The second-order valence-corrected chi connectivity index (χ2v) is 5.61. The largest absolute Gasteiger partial charge is 0.396 e. The van der Waals surface area contributed by atoms with Crippen LogP contribution in [-0.2, 0) is 19.4 Å². The van der Waals surface area contributed by atoms with Crippen molar-refractivity contribution in [2.24, 2.45) is 0 Å². The molecule has 1 atom stereocenters. The van der Waals surface area contributed by atoms with Crippen LogP contribution in [0.25, 0.3) is 0 Å². The molecule has 22 heavy (non-hydrogen) atoms. The summed E-state index contributed by atoms with van der Waals surface area (Å²) in [4.78, 5) is 2.92. The van der Waals surface area contributed by atoms with Crippen LogP contribution in [0, 0.1) is 28.0 Å². The highest BCUT2D eigenvalue weighted by atomic mass is 32.1. The van der Waals surface area contributed by atoms with Crippen molar-refractivity contribution in [2.45, 2.75) is 25.3 Å². The molecule has 2 heterocycles. The molecule has 0 radical (unpaired) electrons. The number of imidazole rings is 1. The Labute approximate surface area is 128 Å². The highest BCUT2D eigenvalue weighted by Gasteiger charge is 2.33. The quantitative estimate of drug-likeness (QED) is 0.515. The topological polar surface area (TPSA) is 40.9 Å². The summed E-state index contributed by atoms with van der Waals surface area (Å²) in [5.41, 5.74) is 0.783. The molecule has 0 saturated carbocycles. The van der Waals surface area contributed by atoms with Crippen molar-refractivity contribution >= 4 is 12.2 Å². The molecule has 1 aliphatic rings. The lowest BCUT2D eigenvalue weighted by atomic mass is 9.94. The van der Waals surface area contributed by atoms with Crippen LogP contribution in [0.15, 0.2) is 6.07 Å². The molecule has 3 nitrogen and oxygen atoms in total. The first-order valence-electron chi connectivity index (χ1n) is 6.68. The van der Waals surface area contributed by atoms with E-state index in [0.29, 0.717) is 22.6 Å². The van der Waals surface area contributed by atoms with Crippen molar-refractivity contribution < 1.29 is 22.7 Å². The number of fused-ring (bicyclic) bond motifs is 1. The number of aliphatic hydroxyl groups excluding tert-OH is 1. The molecule has 0 bridgehead atoms. The molecular weight excluding hydrogens is 320 g/mol. The van der Waals surface area contributed by atoms with Gasteiger partial charge in [-0.05, 0) is 18.6 Å². The number of rotatable bonds is 3. The third kappa shape index (κ3) is 2.26. The first kappa shape index (κ1) is 15.2. The van der Waals surface area contributed by atoms with Gasteiger partial charge in [-0.2, -0.15) is 0 Å². The summed E-state index contributed by atoms with van der Waals surface area (Å²) in [6.07, 6.45) is 0.514. The number of hydrogen-bond donors (Lipinski definition) is 2. The van der Waals surface area contributed by atoms with E-state index < -0.39 is 34.8 Å². The van der Waals surface area contributed by atoms with Crippen molar-refractivity contribution in [1.82, 2.24) is 9.55 Å². The SMILES string of the molecule is OCCc1[nH]c(=S)n2c1C[C@H](c1c(F)c(F)cc(F)c1F)C2. The molecular formula is C14H12F4N2OS. The molecule has 0 aliphatic carbocycles. The van der Waals surface area contributed by atoms with Gasteiger partial charge in [0.1, 0.15) is 0 Å². The molecule has 2 N–H and O–H groups in total. The molecule has 3 rings (SSSR count). The zero-order chi connectivity index (χ0) is 16.0. The number of halogens is 4. The van der Waals surface area contributed by atoms with Gasteiger partial charge in [0.25, 0.3) is 0 Å². The minimum atomic E-state index is -1.41. The fraction of sp³-hybridized carbons (Fsp3) is 0.357. The van der Waals surface area contributed by atoms with E-state index in [1.54, 1.807) is 4.57 Å². The van der Waals surface area contributed by atoms with Gasteiger partial charge in [-0.15, -0.1) is 0 Å². The molecule has 0 unspecified atom stereocenters. The summed E-state index contributed by atoms with van der Waals surface area (Å²) < 4.78 is 56.5. The van der Waals surface area contributed by atoms with Crippen LogP contribution in [0.3, 0.4) is 0 Å². The van der Waals surface area contributed by atoms with E-state index in [2.05, 4.69) is 4.98 Å². The Bertz CT molecular complexity index is 773. The third-order valence-electron chi connectivity index (χ3n) is 3.94. The van der Waals surface area contributed by atoms with Gasteiger partial charge in [-0.3, -0.25) is 0 Å². The van der Waals surface area contributed by atoms with Crippen LogP contribution in [0.5, 0.6) is 0 Å². The van der Waals surface area contributed by atoms with E-state index in [1.807, 2.05) is 0 Å². The van der Waals surface area contributed by atoms with Crippen molar-refractivity contribution in [3.05, 3.63) is 51.1 Å². The number of aliphatic hydroxyl groups is 1. The van der Waals surface area contributed by atoms with Crippen molar-refractivity contribution in [2.75, 3.05) is 6.61 Å². The summed E-state index contributed by atoms with van der Waals surface area (Å²) in [6.45, 7) is 0.0249. The van der Waals surface area contributed by atoms with Crippen LogP contribution in [-0.4, -0.2) is 21.3 Å². The molecule has 2 aromatic rings. The highest BCUT2D eigenvalue weighted by molar-refractivity contribution is 7.71. The Morgan fingerprint density at radius 2 is 1.86 bits per heavy atom. The predicted octanol–water partition coefficient (Wildman–Crippen LogP) is 2.98. The van der Waals surface area contributed by atoms with Gasteiger partial charge < -0.3 is 14.7 Å². The highest BCUT2D eigenvalue weighted by Crippen LogP contribution is 2.36. The molecule has 1 aliphatic heterocycles. The van der Waals surface area contributed by atoms with E-state index in [9.17, 15) is 17.6 Å². The van der Waals surface area contributed by atoms with Crippen molar-refractivity contribution in [3.8, 4) is 0 Å². The zero-order valence-electron chi connectivity index (χ0n) is 11.3. The molecule has 1 aromatic carbocycles. The summed E-state index contributed by atoms with van der Waals surface area (Å²) in [6, 6.07) is 0.201. The minimum absolute atomic E-state index is 0.107. The van der Waals surface area contributed by atoms with Gasteiger partial charge in [-0.1, -0.05) is 0 Å². The maximum atomic E-state index is 13.9. The Morgan fingerprint density at radius 3 is 2.45 bits per heavy atom. The summed E-state index contributed by atoms with van der Waals surface area (Å²) >= 11 is 5.12. The van der Waals surface area contributed by atoms with E-state index >= 15 is 0 Å². The lowest BCUT2D eigenvalue weighted by Gasteiger charge is -2.13. The van der Waals surface area contributed by atoms with Crippen molar-refractivity contribution in [3.63, 3.8) is 0 Å². The van der Waals surface area contributed by atoms with Crippen molar-refractivity contribution in [1.29, 1.82) is 0 Å². The van der Waals surface area contributed by atoms with E-state index in [1.165, 1.54) is 0 Å². The number of hydrogen-bond acceptors (Lipinski definition) is 2. The zero-order valence-corrected chi connectivity index (χ0v) is 12.1. The smallest absolute Gasteiger partial charge is 0.177 e. The molecule has 0 amide bonds. The monoisotopic (exact) mass is 332 g/mol. The number of nitrogens with one attached hydrogen (secondary N) is 1. The van der Waals surface area contributed by atoms with E-state index in [4.69, 9.17) is 17.3 Å². The average molecular weight is 332 g/mol. The molecule has 118 valence electrons. The van der Waals surface area contributed by atoms with Gasteiger partial charge in [0.2, 0.25) is 0 Å². The minimum Gasteiger partial charge on any atom is -0.396 e. The Hall–Kier alpha value is -1.67. The first-order valence-corrected chi connectivity index (χ1v) is 7.09.